The summed E-state index contributed by atoms with van der Waals surface area (Å²) in [4.78, 5) is 35.6. The van der Waals surface area contributed by atoms with Crippen molar-refractivity contribution in [1.29, 1.82) is 0 Å². The highest BCUT2D eigenvalue weighted by atomic mass is 16.6. The topological polar surface area (TPSA) is 96.5 Å². The Balaban J connectivity index is 3.11. The Bertz CT molecular complexity index is 509. The Morgan fingerprint density at radius 1 is 1.29 bits per heavy atom. The fraction of sp³-hybridized carbons (Fsp3) is 0.364. The Labute approximate surface area is 97.2 Å². The highest BCUT2D eigenvalue weighted by Crippen LogP contribution is 2.11. The van der Waals surface area contributed by atoms with E-state index in [2.05, 4.69) is 4.98 Å². The highest BCUT2D eigenvalue weighted by Gasteiger charge is 2.19. The quantitative estimate of drug-likeness (QED) is 0.751. The van der Waals surface area contributed by atoms with Crippen molar-refractivity contribution >= 4 is 11.9 Å². The number of H-pyrrole nitrogens is 1. The molecule has 2 N–H and O–H groups in total. The Morgan fingerprint density at radius 2 is 1.88 bits per heavy atom. The molecule has 0 aromatic carbocycles. The van der Waals surface area contributed by atoms with E-state index in [0.717, 1.165) is 12.1 Å². The van der Waals surface area contributed by atoms with Crippen molar-refractivity contribution in [2.75, 3.05) is 0 Å². The van der Waals surface area contributed by atoms with Gasteiger partial charge in [-0.1, -0.05) is 0 Å². The maximum Gasteiger partial charge on any atom is 0.352 e. The van der Waals surface area contributed by atoms with Crippen molar-refractivity contribution in [1.82, 2.24) is 4.98 Å². The lowest BCUT2D eigenvalue weighted by Gasteiger charge is -2.19. The molecule has 0 spiro atoms. The molecule has 92 valence electrons. The van der Waals surface area contributed by atoms with Gasteiger partial charge in [-0.05, 0) is 26.8 Å². The molecule has 0 aliphatic rings. The van der Waals surface area contributed by atoms with Gasteiger partial charge >= 0.3 is 11.9 Å². The van der Waals surface area contributed by atoms with Gasteiger partial charge in [-0.2, -0.15) is 0 Å². The fourth-order valence-corrected chi connectivity index (χ4v) is 1.11. The fourth-order valence-electron chi connectivity index (χ4n) is 1.11. The van der Waals surface area contributed by atoms with E-state index in [0.29, 0.717) is 0 Å². The van der Waals surface area contributed by atoms with E-state index in [9.17, 15) is 14.4 Å². The van der Waals surface area contributed by atoms with Gasteiger partial charge < -0.3 is 14.8 Å². The van der Waals surface area contributed by atoms with Crippen LogP contribution < -0.4 is 5.56 Å². The van der Waals surface area contributed by atoms with Crippen LogP contribution in [-0.2, 0) is 4.74 Å². The Hall–Kier alpha value is -2.11. The summed E-state index contributed by atoms with van der Waals surface area (Å²) in [6.45, 7) is 5.03. The van der Waals surface area contributed by atoms with Crippen LogP contribution in [0.2, 0.25) is 0 Å². The zero-order valence-corrected chi connectivity index (χ0v) is 9.73. The summed E-state index contributed by atoms with van der Waals surface area (Å²) in [5.74, 6) is -2.04. The van der Waals surface area contributed by atoms with Crippen molar-refractivity contribution in [2.45, 2.75) is 26.4 Å². The van der Waals surface area contributed by atoms with Crippen LogP contribution in [0.1, 0.15) is 41.6 Å². The molecule has 6 heteroatoms. The minimum absolute atomic E-state index is 0.0823. The van der Waals surface area contributed by atoms with Gasteiger partial charge in [0.15, 0.2) is 0 Å². The van der Waals surface area contributed by atoms with E-state index in [-0.39, 0.29) is 11.3 Å². The lowest BCUT2D eigenvalue weighted by atomic mass is 10.1. The maximum atomic E-state index is 11.6. The predicted octanol–water partition coefficient (Wildman–Crippen LogP) is 1.03. The minimum Gasteiger partial charge on any atom is -0.477 e. The Kier molecular flexibility index (Phi) is 3.36. The zero-order valence-electron chi connectivity index (χ0n) is 9.73. The van der Waals surface area contributed by atoms with Crippen LogP contribution in [-0.4, -0.2) is 27.6 Å². The minimum atomic E-state index is -1.31. The molecule has 1 rings (SSSR count). The van der Waals surface area contributed by atoms with E-state index in [4.69, 9.17) is 9.84 Å². The lowest BCUT2D eigenvalue weighted by Crippen LogP contribution is -2.25. The first-order chi connectivity index (χ1) is 7.69. The van der Waals surface area contributed by atoms with E-state index in [1.165, 1.54) is 0 Å². The molecule has 0 bridgehead atoms. The van der Waals surface area contributed by atoms with Gasteiger partial charge in [0.25, 0.3) is 0 Å². The number of carboxylic acids is 1. The predicted molar refractivity (Wildman–Crippen MR) is 59.2 cm³/mol. The molecule has 0 aliphatic carbocycles. The molecule has 0 atom stereocenters. The normalized spacial score (nSPS) is 11.0. The van der Waals surface area contributed by atoms with Gasteiger partial charge in [0.05, 0.1) is 5.56 Å². The van der Waals surface area contributed by atoms with Crippen LogP contribution in [0, 0.1) is 0 Å². The number of esters is 1. The molecule has 0 radical (unpaired) electrons. The Morgan fingerprint density at radius 3 is 2.35 bits per heavy atom. The van der Waals surface area contributed by atoms with Crippen molar-refractivity contribution in [3.8, 4) is 0 Å². The maximum absolute atomic E-state index is 11.6. The monoisotopic (exact) mass is 239 g/mol. The third kappa shape index (κ3) is 3.75. The summed E-state index contributed by atoms with van der Waals surface area (Å²) < 4.78 is 5.03. The van der Waals surface area contributed by atoms with Crippen LogP contribution in [0.5, 0.6) is 0 Å². The van der Waals surface area contributed by atoms with Gasteiger partial charge in [-0.3, -0.25) is 4.79 Å². The van der Waals surface area contributed by atoms with Gasteiger partial charge in [-0.25, -0.2) is 9.59 Å². The number of aromatic nitrogens is 1. The SMILES string of the molecule is CC(C)(C)OC(=O)c1cc(C(=O)O)[nH]c(=O)c1. The summed E-state index contributed by atoms with van der Waals surface area (Å²) in [6, 6.07) is 2.07. The van der Waals surface area contributed by atoms with Crippen LogP contribution in [0.15, 0.2) is 16.9 Å². The average molecular weight is 239 g/mol. The van der Waals surface area contributed by atoms with Crippen LogP contribution in [0.4, 0.5) is 0 Å². The molecule has 1 aromatic heterocycles. The molecule has 0 fully saturated rings. The first-order valence-corrected chi connectivity index (χ1v) is 4.90. The summed E-state index contributed by atoms with van der Waals surface area (Å²) in [5, 5.41) is 8.73. The number of carbonyl (C=O) groups is 2. The molecule has 1 aromatic rings. The number of carboxylic acid groups (broad SMARTS) is 1. The second-order valence-corrected chi connectivity index (χ2v) is 4.45. The van der Waals surface area contributed by atoms with Gasteiger partial charge in [-0.15, -0.1) is 0 Å². The number of aromatic carboxylic acids is 1. The number of ether oxygens (including phenoxy) is 1. The highest BCUT2D eigenvalue weighted by molar-refractivity contribution is 5.93. The summed E-state index contributed by atoms with van der Waals surface area (Å²) >= 11 is 0. The molecule has 0 amide bonds. The second kappa shape index (κ2) is 4.40. The lowest BCUT2D eigenvalue weighted by molar-refractivity contribution is 0.00692. The number of hydrogen-bond acceptors (Lipinski definition) is 4. The third-order valence-electron chi connectivity index (χ3n) is 1.71. The van der Waals surface area contributed by atoms with Crippen molar-refractivity contribution < 1.29 is 19.4 Å². The number of rotatable bonds is 2. The van der Waals surface area contributed by atoms with E-state index < -0.39 is 23.1 Å². The third-order valence-corrected chi connectivity index (χ3v) is 1.71. The first kappa shape index (κ1) is 13.0. The van der Waals surface area contributed by atoms with Gasteiger partial charge in [0.2, 0.25) is 5.56 Å². The largest absolute Gasteiger partial charge is 0.477 e. The molecule has 17 heavy (non-hydrogen) atoms. The van der Waals surface area contributed by atoms with Gasteiger partial charge in [0, 0.05) is 6.07 Å². The second-order valence-electron chi connectivity index (χ2n) is 4.45. The standard InChI is InChI=1S/C11H13NO5/c1-11(2,3)17-10(16)6-4-7(9(14)15)12-8(13)5-6/h4-5H,1-3H3,(H,12,13)(H,14,15). The average Bonchev–Trinajstić information content (AvgIpc) is 2.13. The molecule has 0 aliphatic heterocycles. The van der Waals surface area contributed by atoms with E-state index in [1.54, 1.807) is 20.8 Å². The number of pyridine rings is 1. The zero-order chi connectivity index (χ0) is 13.2. The van der Waals surface area contributed by atoms with E-state index in [1.807, 2.05) is 0 Å². The number of hydrogen-bond donors (Lipinski definition) is 2. The molecular weight excluding hydrogens is 226 g/mol. The summed E-state index contributed by atoms with van der Waals surface area (Å²) in [6.07, 6.45) is 0. The van der Waals surface area contributed by atoms with Crippen LogP contribution >= 0.6 is 0 Å². The van der Waals surface area contributed by atoms with Crippen molar-refractivity contribution in [3.05, 3.63) is 33.7 Å². The smallest absolute Gasteiger partial charge is 0.352 e. The van der Waals surface area contributed by atoms with Crippen molar-refractivity contribution in [3.63, 3.8) is 0 Å². The van der Waals surface area contributed by atoms with Crippen molar-refractivity contribution in [2.24, 2.45) is 0 Å². The molecule has 0 saturated heterocycles. The number of carbonyl (C=O) groups excluding carboxylic acids is 1. The number of nitrogens with one attached hydrogen (secondary N) is 1. The summed E-state index contributed by atoms with van der Waals surface area (Å²) in [7, 11) is 0. The molecular formula is C11H13NO5. The van der Waals surface area contributed by atoms with E-state index >= 15 is 0 Å². The number of aromatic amines is 1. The molecule has 6 nitrogen and oxygen atoms in total. The van der Waals surface area contributed by atoms with Crippen LogP contribution in [0.25, 0.3) is 0 Å². The first-order valence-electron chi connectivity index (χ1n) is 4.90. The molecule has 0 unspecified atom stereocenters. The molecule has 1 heterocycles. The summed E-state index contributed by atoms with van der Waals surface area (Å²) in [5.41, 5.74) is -1.80. The van der Waals surface area contributed by atoms with Crippen LogP contribution in [0.3, 0.4) is 0 Å². The molecule has 0 saturated carbocycles. The van der Waals surface area contributed by atoms with Gasteiger partial charge in [0.1, 0.15) is 11.3 Å².